The van der Waals surface area contributed by atoms with Gasteiger partial charge in [-0.2, -0.15) is 0 Å². The van der Waals surface area contributed by atoms with Crippen molar-refractivity contribution in [3.63, 3.8) is 0 Å². The molecule has 1 aliphatic rings. The maximum Gasteiger partial charge on any atom is 0.341 e. The molecule has 0 aromatic carbocycles. The topological polar surface area (TPSA) is 75.4 Å². The van der Waals surface area contributed by atoms with Crippen LogP contribution < -0.4 is 4.90 Å². The largest absolute Gasteiger partial charge is 0.477 e. The molecule has 2 aromatic rings. The number of carbonyl (C=O) groups is 2. The molecule has 0 spiro atoms. The Kier molecular flexibility index (Phi) is 5.69. The molecule has 0 radical (unpaired) electrons. The highest BCUT2D eigenvalue weighted by Crippen LogP contribution is 2.33. The Hall–Kier alpha value is -2.15. The third-order valence-corrected chi connectivity index (χ3v) is 6.21. The number of amides is 1. The fourth-order valence-corrected chi connectivity index (χ4v) is 4.45. The van der Waals surface area contributed by atoms with Crippen LogP contribution in [0.5, 0.6) is 0 Å². The maximum absolute atomic E-state index is 13.3. The Bertz CT molecular complexity index is 831. The van der Waals surface area contributed by atoms with Gasteiger partial charge in [0, 0.05) is 23.0 Å². The molecule has 0 atom stereocenters. The lowest BCUT2D eigenvalue weighted by molar-refractivity contribution is -0.123. The molecule has 7 heteroatoms. The van der Waals surface area contributed by atoms with Crippen LogP contribution in [0.25, 0.3) is 5.00 Å². The zero-order valence-corrected chi connectivity index (χ0v) is 17.1. The molecule has 0 saturated heterocycles. The van der Waals surface area contributed by atoms with Crippen LogP contribution in [0.4, 0.5) is 5.82 Å². The number of aryl methyl sites for hydroxylation is 1. The highest BCUT2D eigenvalue weighted by Gasteiger charge is 2.34. The van der Waals surface area contributed by atoms with E-state index in [2.05, 4.69) is 12.0 Å². The smallest absolute Gasteiger partial charge is 0.341 e. The Balaban J connectivity index is 1.98. The Morgan fingerprint density at radius 2 is 1.93 bits per heavy atom. The molecule has 2 aromatic heterocycles. The minimum atomic E-state index is -1.07. The third-order valence-electron chi connectivity index (χ3n) is 5.22. The SMILES string of the molecule is Cc1ccc(-n2cc(C(=O)O)c(N(C(=O)[C@H]3CC[C@H](C)CC3)C(C)C)n2)s1. The number of anilines is 1. The molecule has 1 aliphatic carbocycles. The number of aromatic carboxylic acids is 1. The van der Waals surface area contributed by atoms with Gasteiger partial charge in [0.1, 0.15) is 10.6 Å². The Labute approximate surface area is 163 Å². The molecule has 1 N–H and O–H groups in total. The van der Waals surface area contributed by atoms with Gasteiger partial charge in [0.25, 0.3) is 0 Å². The summed E-state index contributed by atoms with van der Waals surface area (Å²) < 4.78 is 1.57. The molecule has 0 unspecified atom stereocenters. The number of hydrogen-bond donors (Lipinski definition) is 1. The molecule has 6 nitrogen and oxygen atoms in total. The van der Waals surface area contributed by atoms with Crippen LogP contribution >= 0.6 is 11.3 Å². The molecule has 2 heterocycles. The van der Waals surface area contributed by atoms with Gasteiger partial charge >= 0.3 is 5.97 Å². The van der Waals surface area contributed by atoms with Crippen molar-refractivity contribution in [2.45, 2.75) is 59.4 Å². The van der Waals surface area contributed by atoms with Gasteiger partial charge < -0.3 is 5.11 Å². The van der Waals surface area contributed by atoms with Gasteiger partial charge in [0.15, 0.2) is 5.82 Å². The van der Waals surface area contributed by atoms with Crippen LogP contribution in [-0.4, -0.2) is 32.8 Å². The lowest BCUT2D eigenvalue weighted by atomic mass is 9.82. The average Bonchev–Trinajstić information content (AvgIpc) is 3.22. The van der Waals surface area contributed by atoms with E-state index in [1.807, 2.05) is 32.9 Å². The first-order valence-corrected chi connectivity index (χ1v) is 10.3. The van der Waals surface area contributed by atoms with E-state index in [-0.39, 0.29) is 29.2 Å². The second-order valence-corrected chi connectivity index (χ2v) is 9.03. The molecule has 1 amide bonds. The first kappa shape index (κ1) is 19.6. The summed E-state index contributed by atoms with van der Waals surface area (Å²) in [6, 6.07) is 3.71. The van der Waals surface area contributed by atoms with Gasteiger partial charge in [-0.25, -0.2) is 9.48 Å². The number of thiophene rings is 1. The van der Waals surface area contributed by atoms with E-state index in [0.29, 0.717) is 5.92 Å². The standard InChI is InChI=1S/C20H27N3O3S/c1-12(2)23(19(24)15-8-5-13(3)6-9-15)18-16(20(25)26)11-22(21-18)17-10-7-14(4)27-17/h7,10-13,15H,5-6,8-9H2,1-4H3,(H,25,26)/t13-,15-. The fourth-order valence-electron chi connectivity index (χ4n) is 3.66. The number of hydrogen-bond acceptors (Lipinski definition) is 4. The van der Waals surface area contributed by atoms with E-state index in [0.717, 1.165) is 35.6 Å². The van der Waals surface area contributed by atoms with Crippen molar-refractivity contribution in [2.75, 3.05) is 4.90 Å². The second kappa shape index (κ2) is 7.84. The van der Waals surface area contributed by atoms with Gasteiger partial charge in [-0.05, 0) is 64.5 Å². The highest BCUT2D eigenvalue weighted by molar-refractivity contribution is 7.14. The molecule has 3 rings (SSSR count). The van der Waals surface area contributed by atoms with Crippen LogP contribution in [-0.2, 0) is 4.79 Å². The quantitative estimate of drug-likeness (QED) is 0.816. The first-order valence-electron chi connectivity index (χ1n) is 9.50. The number of rotatable bonds is 5. The van der Waals surface area contributed by atoms with E-state index in [4.69, 9.17) is 0 Å². The fraction of sp³-hybridized carbons (Fsp3) is 0.550. The molecule has 146 valence electrons. The number of aromatic nitrogens is 2. The van der Waals surface area contributed by atoms with Crippen molar-refractivity contribution >= 4 is 29.0 Å². The first-order chi connectivity index (χ1) is 12.8. The lowest BCUT2D eigenvalue weighted by Gasteiger charge is -2.32. The van der Waals surface area contributed by atoms with E-state index in [1.54, 1.807) is 9.58 Å². The summed E-state index contributed by atoms with van der Waals surface area (Å²) in [5, 5.41) is 15.1. The van der Waals surface area contributed by atoms with Crippen molar-refractivity contribution in [1.82, 2.24) is 9.78 Å². The summed E-state index contributed by atoms with van der Waals surface area (Å²) in [4.78, 5) is 27.8. The number of carbonyl (C=O) groups excluding carboxylic acids is 1. The van der Waals surface area contributed by atoms with Crippen LogP contribution in [0, 0.1) is 18.8 Å². The number of nitrogens with zero attached hydrogens (tertiary/aromatic N) is 3. The second-order valence-electron chi connectivity index (χ2n) is 7.76. The number of carboxylic acids is 1. The minimum Gasteiger partial charge on any atom is -0.477 e. The van der Waals surface area contributed by atoms with E-state index < -0.39 is 5.97 Å². The minimum absolute atomic E-state index is 0.00740. The van der Waals surface area contributed by atoms with Crippen molar-refractivity contribution in [3.05, 3.63) is 28.8 Å². The lowest BCUT2D eigenvalue weighted by Crippen LogP contribution is -2.43. The highest BCUT2D eigenvalue weighted by atomic mass is 32.1. The molecule has 1 saturated carbocycles. The summed E-state index contributed by atoms with van der Waals surface area (Å²) in [6.07, 6.45) is 5.30. The Morgan fingerprint density at radius 1 is 1.26 bits per heavy atom. The van der Waals surface area contributed by atoms with Crippen LogP contribution in [0.3, 0.4) is 0 Å². The maximum atomic E-state index is 13.3. The predicted molar refractivity (Wildman–Crippen MR) is 107 cm³/mol. The summed E-state index contributed by atoms with van der Waals surface area (Å²) in [7, 11) is 0. The molecule has 0 aliphatic heterocycles. The van der Waals surface area contributed by atoms with Gasteiger partial charge in [0.05, 0.1) is 0 Å². The van der Waals surface area contributed by atoms with E-state index >= 15 is 0 Å². The van der Waals surface area contributed by atoms with E-state index in [1.165, 1.54) is 17.5 Å². The van der Waals surface area contributed by atoms with Crippen LogP contribution in [0.15, 0.2) is 18.3 Å². The number of carboxylic acid groups (broad SMARTS) is 1. The normalized spacial score (nSPS) is 20.0. The van der Waals surface area contributed by atoms with Gasteiger partial charge in [-0.3, -0.25) is 9.69 Å². The summed E-state index contributed by atoms with van der Waals surface area (Å²) in [6.45, 7) is 8.02. The van der Waals surface area contributed by atoms with Crippen molar-refractivity contribution in [2.24, 2.45) is 11.8 Å². The summed E-state index contributed by atoms with van der Waals surface area (Å²) >= 11 is 1.54. The van der Waals surface area contributed by atoms with Gasteiger partial charge in [-0.15, -0.1) is 16.4 Å². The van der Waals surface area contributed by atoms with Crippen molar-refractivity contribution in [1.29, 1.82) is 0 Å². The molecule has 1 fully saturated rings. The predicted octanol–water partition coefficient (Wildman–Crippen LogP) is 4.51. The van der Waals surface area contributed by atoms with Crippen molar-refractivity contribution < 1.29 is 14.7 Å². The zero-order chi connectivity index (χ0) is 19.7. The zero-order valence-electron chi connectivity index (χ0n) is 16.3. The Morgan fingerprint density at radius 3 is 2.44 bits per heavy atom. The average molecular weight is 390 g/mol. The molecule has 27 heavy (non-hydrogen) atoms. The molecular weight excluding hydrogens is 362 g/mol. The molecule has 0 bridgehead atoms. The van der Waals surface area contributed by atoms with Crippen LogP contribution in [0.1, 0.15) is 61.7 Å². The van der Waals surface area contributed by atoms with Crippen LogP contribution in [0.2, 0.25) is 0 Å². The summed E-state index contributed by atoms with van der Waals surface area (Å²) in [5.41, 5.74) is 0.0623. The van der Waals surface area contributed by atoms with E-state index in [9.17, 15) is 14.7 Å². The monoisotopic (exact) mass is 389 g/mol. The van der Waals surface area contributed by atoms with Crippen molar-refractivity contribution in [3.8, 4) is 5.00 Å². The molecular formula is C20H27N3O3S. The van der Waals surface area contributed by atoms with Gasteiger partial charge in [0.2, 0.25) is 5.91 Å². The third kappa shape index (κ3) is 4.08. The van der Waals surface area contributed by atoms with Gasteiger partial charge in [-0.1, -0.05) is 6.92 Å². The summed E-state index contributed by atoms with van der Waals surface area (Å²) in [5.74, 6) is -0.240.